The lowest BCUT2D eigenvalue weighted by molar-refractivity contribution is 0.397. The second-order valence-electron chi connectivity index (χ2n) is 3.49. The van der Waals surface area contributed by atoms with E-state index in [0.717, 1.165) is 5.69 Å². The minimum atomic E-state index is 0.104. The Kier molecular flexibility index (Phi) is 4.63. The molecular formula is C10H16N8O. The average Bonchev–Trinajstić information content (AvgIpc) is 2.26. The molecule has 0 fully saturated rings. The number of anilines is 4. The van der Waals surface area contributed by atoms with Crippen molar-refractivity contribution in [3.63, 3.8) is 0 Å². The summed E-state index contributed by atoms with van der Waals surface area (Å²) in [4.78, 5) is 14.9. The second kappa shape index (κ2) is 6.19. The number of aromatic nitrogens is 4. The highest BCUT2D eigenvalue weighted by Crippen LogP contribution is 2.07. The first-order valence-electron chi connectivity index (χ1n) is 5.21. The zero-order chi connectivity index (χ0) is 14.4. The van der Waals surface area contributed by atoms with Gasteiger partial charge in [0.25, 0.3) is 0 Å². The zero-order valence-corrected chi connectivity index (χ0v) is 10.7. The van der Waals surface area contributed by atoms with E-state index in [2.05, 4.69) is 19.9 Å². The van der Waals surface area contributed by atoms with Crippen LogP contribution in [0.3, 0.4) is 0 Å². The summed E-state index contributed by atoms with van der Waals surface area (Å²) >= 11 is 0. The van der Waals surface area contributed by atoms with Gasteiger partial charge in [-0.1, -0.05) is 0 Å². The van der Waals surface area contributed by atoms with Crippen molar-refractivity contribution in [1.82, 2.24) is 19.9 Å². The fourth-order valence-electron chi connectivity index (χ4n) is 1.17. The first-order chi connectivity index (χ1) is 8.90. The van der Waals surface area contributed by atoms with Crippen molar-refractivity contribution < 1.29 is 4.74 Å². The number of nitrogens with two attached hydrogens (primary N) is 4. The van der Waals surface area contributed by atoms with Gasteiger partial charge in [0.15, 0.2) is 0 Å². The Labute approximate surface area is 110 Å². The summed E-state index contributed by atoms with van der Waals surface area (Å²) in [6, 6.07) is 3.16. The minimum absolute atomic E-state index is 0.104. The van der Waals surface area contributed by atoms with Crippen molar-refractivity contribution in [2.24, 2.45) is 0 Å². The molecule has 2 aromatic heterocycles. The van der Waals surface area contributed by atoms with Gasteiger partial charge in [0.05, 0.1) is 7.11 Å². The van der Waals surface area contributed by atoms with Crippen LogP contribution in [0.25, 0.3) is 0 Å². The Bertz CT molecular complexity index is 488. The topological polar surface area (TPSA) is 165 Å². The quantitative estimate of drug-likeness (QED) is 0.536. The van der Waals surface area contributed by atoms with Crippen LogP contribution in [-0.4, -0.2) is 27.0 Å². The maximum atomic E-state index is 5.33. The monoisotopic (exact) mass is 264 g/mol. The fraction of sp³-hybridized carbons (Fsp3) is 0.200. The Balaban J connectivity index is 0.000000191. The standard InChI is InChI=1S/C6H9N3O.C4H7N5/c1-4-3-5(10-2)9-6(7)8-4;5-2-1-3(6)9-4(7)8-2/h3H,1-2H3,(H2,7,8,9);1H,(H6,5,6,7,8,9). The van der Waals surface area contributed by atoms with E-state index in [9.17, 15) is 0 Å². The summed E-state index contributed by atoms with van der Waals surface area (Å²) in [5.74, 6) is 1.44. The zero-order valence-electron chi connectivity index (χ0n) is 10.7. The SMILES string of the molecule is COc1cc(C)nc(N)n1.Nc1cc(N)nc(N)n1. The van der Waals surface area contributed by atoms with Gasteiger partial charge < -0.3 is 27.7 Å². The molecule has 0 unspecified atom stereocenters. The van der Waals surface area contributed by atoms with Crippen molar-refractivity contribution in [2.45, 2.75) is 6.92 Å². The number of aryl methyl sites for hydroxylation is 1. The summed E-state index contributed by atoms with van der Waals surface area (Å²) in [5.41, 5.74) is 21.8. The normalized spacial score (nSPS) is 9.37. The van der Waals surface area contributed by atoms with E-state index < -0.39 is 0 Å². The predicted octanol–water partition coefficient (Wildman–Crippen LogP) is -0.401. The molecule has 0 atom stereocenters. The molecule has 0 aliphatic heterocycles. The fourth-order valence-corrected chi connectivity index (χ4v) is 1.17. The van der Waals surface area contributed by atoms with Gasteiger partial charge in [-0.2, -0.15) is 15.0 Å². The lowest BCUT2D eigenvalue weighted by Gasteiger charge is -1.99. The van der Waals surface area contributed by atoms with E-state index in [1.54, 1.807) is 13.2 Å². The number of nitrogen functional groups attached to an aromatic ring is 4. The molecule has 0 aliphatic rings. The predicted molar refractivity (Wildman–Crippen MR) is 73.0 cm³/mol. The molecule has 19 heavy (non-hydrogen) atoms. The molecule has 0 bridgehead atoms. The Morgan fingerprint density at radius 3 is 1.79 bits per heavy atom. The molecule has 8 N–H and O–H groups in total. The van der Waals surface area contributed by atoms with Gasteiger partial charge >= 0.3 is 0 Å². The van der Waals surface area contributed by atoms with Crippen LogP contribution in [0.2, 0.25) is 0 Å². The van der Waals surface area contributed by atoms with Crippen LogP contribution in [0, 0.1) is 6.92 Å². The van der Waals surface area contributed by atoms with Gasteiger partial charge in [-0.15, -0.1) is 0 Å². The molecule has 9 heteroatoms. The lowest BCUT2D eigenvalue weighted by Crippen LogP contribution is -2.01. The number of rotatable bonds is 1. The lowest BCUT2D eigenvalue weighted by atomic mass is 10.4. The van der Waals surface area contributed by atoms with Gasteiger partial charge in [-0.25, -0.2) is 4.98 Å². The van der Waals surface area contributed by atoms with E-state index in [-0.39, 0.29) is 11.9 Å². The van der Waals surface area contributed by atoms with E-state index in [0.29, 0.717) is 17.5 Å². The van der Waals surface area contributed by atoms with Crippen LogP contribution in [-0.2, 0) is 0 Å². The summed E-state index contributed by atoms with van der Waals surface area (Å²) in [6.07, 6.45) is 0. The smallest absolute Gasteiger partial charge is 0.223 e. The Hall–Kier alpha value is -2.84. The largest absolute Gasteiger partial charge is 0.481 e. The molecule has 2 aromatic rings. The maximum Gasteiger partial charge on any atom is 0.223 e. The summed E-state index contributed by atoms with van der Waals surface area (Å²) in [5, 5.41) is 0. The molecule has 2 rings (SSSR count). The number of hydrogen-bond acceptors (Lipinski definition) is 9. The maximum absolute atomic E-state index is 5.33. The third kappa shape index (κ3) is 4.89. The highest BCUT2D eigenvalue weighted by Gasteiger charge is 1.96. The van der Waals surface area contributed by atoms with Gasteiger partial charge in [0.1, 0.15) is 11.6 Å². The molecule has 2 heterocycles. The third-order valence-corrected chi connectivity index (χ3v) is 1.84. The van der Waals surface area contributed by atoms with Crippen LogP contribution < -0.4 is 27.7 Å². The second-order valence-corrected chi connectivity index (χ2v) is 3.49. The third-order valence-electron chi connectivity index (χ3n) is 1.84. The first kappa shape index (κ1) is 14.2. The summed E-state index contributed by atoms with van der Waals surface area (Å²) in [7, 11) is 1.54. The molecule has 0 spiro atoms. The van der Waals surface area contributed by atoms with Gasteiger partial charge in [-0.3, -0.25) is 0 Å². The molecule has 0 saturated carbocycles. The van der Waals surface area contributed by atoms with E-state index in [1.165, 1.54) is 6.07 Å². The van der Waals surface area contributed by atoms with Crippen LogP contribution in [0.5, 0.6) is 5.88 Å². The Morgan fingerprint density at radius 1 is 0.842 bits per heavy atom. The molecule has 9 nitrogen and oxygen atoms in total. The van der Waals surface area contributed by atoms with Crippen LogP contribution in [0.4, 0.5) is 23.5 Å². The van der Waals surface area contributed by atoms with Gasteiger partial charge in [-0.05, 0) is 6.92 Å². The molecule has 0 aromatic carbocycles. The van der Waals surface area contributed by atoms with Crippen LogP contribution >= 0.6 is 0 Å². The molecular weight excluding hydrogens is 248 g/mol. The van der Waals surface area contributed by atoms with Gasteiger partial charge in [0.2, 0.25) is 17.8 Å². The Morgan fingerprint density at radius 2 is 1.37 bits per heavy atom. The van der Waals surface area contributed by atoms with Crippen LogP contribution in [0.15, 0.2) is 12.1 Å². The summed E-state index contributed by atoms with van der Waals surface area (Å²) in [6.45, 7) is 1.83. The first-order valence-corrected chi connectivity index (χ1v) is 5.21. The highest BCUT2D eigenvalue weighted by molar-refractivity contribution is 5.44. The number of ether oxygens (including phenoxy) is 1. The number of methoxy groups -OCH3 is 1. The van der Waals surface area contributed by atoms with Crippen molar-refractivity contribution in [3.8, 4) is 5.88 Å². The minimum Gasteiger partial charge on any atom is -0.481 e. The summed E-state index contributed by atoms with van der Waals surface area (Å²) < 4.78 is 4.84. The molecule has 0 radical (unpaired) electrons. The number of hydrogen-bond donors (Lipinski definition) is 4. The van der Waals surface area contributed by atoms with Crippen molar-refractivity contribution >= 4 is 23.5 Å². The van der Waals surface area contributed by atoms with E-state index >= 15 is 0 Å². The number of nitrogens with zero attached hydrogens (tertiary/aromatic N) is 4. The molecule has 0 saturated heterocycles. The van der Waals surface area contributed by atoms with Crippen molar-refractivity contribution in [3.05, 3.63) is 17.8 Å². The van der Waals surface area contributed by atoms with Gasteiger partial charge in [0, 0.05) is 17.8 Å². The van der Waals surface area contributed by atoms with Crippen molar-refractivity contribution in [2.75, 3.05) is 30.0 Å². The van der Waals surface area contributed by atoms with E-state index in [1.807, 2.05) is 6.92 Å². The van der Waals surface area contributed by atoms with Crippen molar-refractivity contribution in [1.29, 1.82) is 0 Å². The molecule has 0 amide bonds. The van der Waals surface area contributed by atoms with Crippen LogP contribution in [0.1, 0.15) is 5.69 Å². The molecule has 102 valence electrons. The average molecular weight is 264 g/mol. The molecule has 0 aliphatic carbocycles. The van der Waals surface area contributed by atoms with E-state index in [4.69, 9.17) is 27.7 Å². The highest BCUT2D eigenvalue weighted by atomic mass is 16.5.